The predicted molar refractivity (Wildman–Crippen MR) is 106 cm³/mol. The lowest BCUT2D eigenvalue weighted by Crippen LogP contribution is -2.53. The van der Waals surface area contributed by atoms with Crippen LogP contribution in [0.4, 0.5) is 0 Å². The van der Waals surface area contributed by atoms with Gasteiger partial charge in [-0.1, -0.05) is 27.7 Å². The van der Waals surface area contributed by atoms with E-state index in [1.807, 2.05) is 0 Å². The molecule has 1 saturated carbocycles. The minimum atomic E-state index is -4.93. The van der Waals surface area contributed by atoms with E-state index in [-0.39, 0.29) is 16.2 Å². The molecule has 1 aliphatic heterocycles. The summed E-state index contributed by atoms with van der Waals surface area (Å²) in [6.45, 7) is 9.72. The van der Waals surface area contributed by atoms with Gasteiger partial charge in [-0.3, -0.25) is 14.0 Å². The van der Waals surface area contributed by atoms with Gasteiger partial charge in [0, 0.05) is 13.1 Å². The van der Waals surface area contributed by atoms with Crippen molar-refractivity contribution in [2.75, 3.05) is 13.1 Å². The SMILES string of the molecule is CCC1(CC)CCC2(CCN(C(P(=O)(O)O)P(=O)(O)O)CC2)C1(CC)CC. The van der Waals surface area contributed by atoms with E-state index < -0.39 is 20.7 Å². The second-order valence-corrected chi connectivity index (χ2v) is 12.4. The number of hydrogen-bond donors (Lipinski definition) is 4. The number of hydrogen-bond acceptors (Lipinski definition) is 3. The van der Waals surface area contributed by atoms with Crippen LogP contribution >= 0.6 is 15.2 Å². The second-order valence-electron chi connectivity index (χ2n) is 8.62. The van der Waals surface area contributed by atoms with Gasteiger partial charge in [0.25, 0.3) is 0 Å². The molecule has 1 aliphatic carbocycles. The van der Waals surface area contributed by atoms with Gasteiger partial charge >= 0.3 is 15.2 Å². The van der Waals surface area contributed by atoms with Crippen LogP contribution < -0.4 is 0 Å². The minimum absolute atomic E-state index is 0.0906. The molecule has 4 N–H and O–H groups in total. The highest BCUT2D eigenvalue weighted by molar-refractivity contribution is 7.70. The Bertz CT molecular complexity index is 589. The molecule has 1 saturated heterocycles. The Balaban J connectivity index is 2.34. The molecule has 0 aromatic heterocycles. The third-order valence-corrected chi connectivity index (χ3v) is 12.0. The van der Waals surface area contributed by atoms with E-state index in [4.69, 9.17) is 0 Å². The van der Waals surface area contributed by atoms with Gasteiger partial charge in [-0.2, -0.15) is 0 Å². The Morgan fingerprint density at radius 2 is 1.22 bits per heavy atom. The molecule has 9 heteroatoms. The van der Waals surface area contributed by atoms with Gasteiger partial charge in [0.15, 0.2) is 0 Å². The zero-order valence-corrected chi connectivity index (χ0v) is 18.9. The summed E-state index contributed by atoms with van der Waals surface area (Å²) in [6.07, 6.45) is 8.16. The standard InChI is InChI=1S/C18H37NO6P2/c1-5-16(6-2)9-10-17(18(16,7-3)8-4)11-13-19(14-12-17)15(26(20,21)22)27(23,24)25/h15H,5-14H2,1-4H3,(H2,20,21,22)(H2,23,24,25). The van der Waals surface area contributed by atoms with Crippen LogP contribution in [0.25, 0.3) is 0 Å². The van der Waals surface area contributed by atoms with Gasteiger partial charge in [0.2, 0.25) is 5.52 Å². The number of nitrogens with zero attached hydrogens (tertiary/aromatic N) is 1. The second kappa shape index (κ2) is 7.83. The van der Waals surface area contributed by atoms with Crippen molar-refractivity contribution >= 4 is 15.2 Å². The van der Waals surface area contributed by atoms with Crippen LogP contribution in [-0.2, 0) is 9.13 Å². The molecular formula is C18H37NO6P2. The summed E-state index contributed by atoms with van der Waals surface area (Å²) in [6, 6.07) is 0. The van der Waals surface area contributed by atoms with Crippen LogP contribution in [0, 0.1) is 16.2 Å². The fraction of sp³-hybridized carbons (Fsp3) is 1.00. The highest BCUT2D eigenvalue weighted by Crippen LogP contribution is 2.72. The fourth-order valence-electron chi connectivity index (χ4n) is 7.08. The quantitative estimate of drug-likeness (QED) is 0.453. The lowest BCUT2D eigenvalue weighted by molar-refractivity contribution is -0.0778. The zero-order valence-electron chi connectivity index (χ0n) is 17.1. The summed E-state index contributed by atoms with van der Waals surface area (Å²) in [5.41, 5.74) is -1.46. The number of rotatable bonds is 7. The molecule has 0 aromatic rings. The van der Waals surface area contributed by atoms with Crippen LogP contribution in [0.2, 0.25) is 0 Å². The smallest absolute Gasteiger partial charge is 0.323 e. The molecular weight excluding hydrogens is 388 g/mol. The number of likely N-dealkylation sites (tertiary alicyclic amines) is 1. The van der Waals surface area contributed by atoms with Gasteiger partial charge in [0.1, 0.15) is 0 Å². The van der Waals surface area contributed by atoms with Crippen molar-refractivity contribution in [2.24, 2.45) is 16.2 Å². The average Bonchev–Trinajstić information content (AvgIpc) is 2.84. The molecule has 0 aromatic carbocycles. The Kier molecular flexibility index (Phi) is 6.83. The van der Waals surface area contributed by atoms with E-state index in [1.54, 1.807) is 0 Å². The first kappa shape index (κ1) is 23.5. The van der Waals surface area contributed by atoms with Crippen LogP contribution in [0.15, 0.2) is 0 Å². The summed E-state index contributed by atoms with van der Waals surface area (Å²) < 4.78 is 23.6. The molecule has 0 atom stereocenters. The highest BCUT2D eigenvalue weighted by Gasteiger charge is 2.64. The van der Waals surface area contributed by atoms with Crippen molar-refractivity contribution in [2.45, 2.75) is 84.6 Å². The lowest BCUT2D eigenvalue weighted by atomic mass is 9.49. The van der Waals surface area contributed by atoms with Crippen molar-refractivity contribution in [3.05, 3.63) is 0 Å². The molecule has 160 valence electrons. The summed E-state index contributed by atoms with van der Waals surface area (Å²) in [7, 11) is -9.86. The van der Waals surface area contributed by atoms with Gasteiger partial charge in [-0.25, -0.2) is 0 Å². The van der Waals surface area contributed by atoms with Gasteiger partial charge < -0.3 is 19.6 Å². The average molecular weight is 425 g/mol. The van der Waals surface area contributed by atoms with E-state index >= 15 is 0 Å². The third-order valence-electron chi connectivity index (χ3n) is 8.36. The summed E-state index contributed by atoms with van der Waals surface area (Å²) >= 11 is 0. The molecule has 0 amide bonds. The summed E-state index contributed by atoms with van der Waals surface area (Å²) in [5, 5.41) is 0. The first-order valence-corrected chi connectivity index (χ1v) is 13.6. The molecule has 2 fully saturated rings. The first-order valence-electron chi connectivity index (χ1n) is 10.2. The van der Waals surface area contributed by atoms with Crippen LogP contribution in [0.1, 0.15) is 79.1 Å². The monoisotopic (exact) mass is 425 g/mol. The van der Waals surface area contributed by atoms with E-state index in [2.05, 4.69) is 27.7 Å². The zero-order chi connectivity index (χ0) is 20.7. The van der Waals surface area contributed by atoms with E-state index in [9.17, 15) is 28.7 Å². The Morgan fingerprint density at radius 3 is 1.56 bits per heavy atom. The normalized spacial score (nSPS) is 25.4. The molecule has 27 heavy (non-hydrogen) atoms. The maximum atomic E-state index is 11.8. The van der Waals surface area contributed by atoms with Crippen molar-refractivity contribution in [1.82, 2.24) is 4.90 Å². The lowest BCUT2D eigenvalue weighted by Gasteiger charge is -2.57. The van der Waals surface area contributed by atoms with Crippen LogP contribution in [0.5, 0.6) is 0 Å². The highest BCUT2D eigenvalue weighted by atomic mass is 31.2. The molecule has 0 unspecified atom stereocenters. The minimum Gasteiger partial charge on any atom is -0.323 e. The third kappa shape index (κ3) is 3.63. The van der Waals surface area contributed by atoms with Crippen molar-refractivity contribution < 1.29 is 28.7 Å². The number of piperidine rings is 1. The van der Waals surface area contributed by atoms with Gasteiger partial charge in [-0.05, 0) is 67.6 Å². The van der Waals surface area contributed by atoms with E-state index in [0.717, 1.165) is 44.9 Å². The topological polar surface area (TPSA) is 118 Å². The Labute approximate surface area is 163 Å². The molecule has 1 heterocycles. The molecule has 0 bridgehead atoms. The van der Waals surface area contributed by atoms with Gasteiger partial charge in [-0.15, -0.1) is 0 Å². The van der Waals surface area contributed by atoms with E-state index in [1.165, 1.54) is 11.3 Å². The van der Waals surface area contributed by atoms with Crippen molar-refractivity contribution in [3.63, 3.8) is 0 Å². The maximum Gasteiger partial charge on any atom is 0.354 e. The van der Waals surface area contributed by atoms with Crippen LogP contribution in [-0.4, -0.2) is 43.1 Å². The molecule has 1 spiro atoms. The van der Waals surface area contributed by atoms with Gasteiger partial charge in [0.05, 0.1) is 0 Å². The maximum absolute atomic E-state index is 11.8. The largest absolute Gasteiger partial charge is 0.354 e. The Hall–Kier alpha value is 0.260. The van der Waals surface area contributed by atoms with E-state index in [0.29, 0.717) is 13.1 Å². The van der Waals surface area contributed by atoms with Crippen molar-refractivity contribution in [1.29, 1.82) is 0 Å². The molecule has 2 rings (SSSR count). The summed E-state index contributed by atoms with van der Waals surface area (Å²) in [4.78, 5) is 39.6. The molecule has 2 aliphatic rings. The summed E-state index contributed by atoms with van der Waals surface area (Å²) in [5.74, 6) is 0. The van der Waals surface area contributed by atoms with Crippen molar-refractivity contribution in [3.8, 4) is 0 Å². The Morgan fingerprint density at radius 1 is 0.778 bits per heavy atom. The molecule has 7 nitrogen and oxygen atoms in total. The first-order chi connectivity index (χ1) is 12.4. The predicted octanol–water partition coefficient (Wildman–Crippen LogP) is 4.11. The fourth-order valence-corrected chi connectivity index (χ4v) is 9.96. The molecule has 0 radical (unpaired) electrons. The van der Waals surface area contributed by atoms with Crippen LogP contribution in [0.3, 0.4) is 0 Å².